The van der Waals surface area contributed by atoms with Crippen LogP contribution in [0.15, 0.2) is 24.4 Å². The summed E-state index contributed by atoms with van der Waals surface area (Å²) in [6.07, 6.45) is 1.79. The second-order valence-corrected chi connectivity index (χ2v) is 4.73. The van der Waals surface area contributed by atoms with Crippen LogP contribution in [0.4, 0.5) is 0 Å². The first-order valence-corrected chi connectivity index (χ1v) is 6.90. The number of ether oxygens (including phenoxy) is 2. The highest BCUT2D eigenvalue weighted by Crippen LogP contribution is 2.27. The van der Waals surface area contributed by atoms with Crippen molar-refractivity contribution in [3.63, 3.8) is 0 Å². The summed E-state index contributed by atoms with van der Waals surface area (Å²) >= 11 is 0. The summed E-state index contributed by atoms with van der Waals surface area (Å²) in [5.41, 5.74) is 2.45. The molecule has 1 N–H and O–H groups in total. The van der Waals surface area contributed by atoms with Crippen LogP contribution in [0.1, 0.15) is 23.1 Å². The Hall–Kier alpha value is -2.83. The highest BCUT2D eigenvalue weighted by molar-refractivity contribution is 5.89. The number of aryl methyl sites for hydroxylation is 1. The van der Waals surface area contributed by atoms with Gasteiger partial charge in [-0.2, -0.15) is 9.90 Å². The molecule has 0 unspecified atom stereocenters. The van der Waals surface area contributed by atoms with E-state index < -0.39 is 5.97 Å². The summed E-state index contributed by atoms with van der Waals surface area (Å²) in [6.45, 7) is 3.78. The number of fused-ring (bicyclic) bond motifs is 1. The molecule has 7 nitrogen and oxygen atoms in total. The van der Waals surface area contributed by atoms with Gasteiger partial charge in [-0.15, -0.1) is 5.10 Å². The van der Waals surface area contributed by atoms with Gasteiger partial charge in [0.2, 0.25) is 0 Å². The van der Waals surface area contributed by atoms with E-state index in [1.54, 1.807) is 27.2 Å². The highest BCUT2D eigenvalue weighted by Gasteiger charge is 2.17. The molecule has 0 aliphatic heterocycles. The lowest BCUT2D eigenvalue weighted by molar-refractivity contribution is 0.0518. The average molecular weight is 300 g/mol. The van der Waals surface area contributed by atoms with Crippen molar-refractivity contribution in [3.05, 3.63) is 35.8 Å². The normalized spacial score (nSPS) is 10.9. The van der Waals surface area contributed by atoms with Gasteiger partial charge in [-0.05, 0) is 32.0 Å². The number of H-pyrrole nitrogens is 1. The lowest BCUT2D eigenvalue weighted by atomic mass is 10.2. The Balaban J connectivity index is 2.04. The Bertz CT molecular complexity index is 835. The number of hydrogen-bond acceptors (Lipinski definition) is 5. The summed E-state index contributed by atoms with van der Waals surface area (Å²) < 4.78 is 10.3. The zero-order chi connectivity index (χ0) is 15.7. The average Bonchev–Trinajstić information content (AvgIpc) is 3.10. The molecule has 22 heavy (non-hydrogen) atoms. The minimum atomic E-state index is -0.466. The molecular weight excluding hydrogens is 284 g/mol. The van der Waals surface area contributed by atoms with Gasteiger partial charge >= 0.3 is 5.97 Å². The number of carbonyl (C=O) groups is 1. The molecule has 0 spiro atoms. The number of rotatable bonds is 4. The summed E-state index contributed by atoms with van der Waals surface area (Å²) in [7, 11) is 1.62. The molecule has 0 aliphatic carbocycles. The number of benzene rings is 1. The van der Waals surface area contributed by atoms with Crippen molar-refractivity contribution >= 4 is 16.9 Å². The predicted molar refractivity (Wildman–Crippen MR) is 80.5 cm³/mol. The molecule has 0 amide bonds. The fourth-order valence-corrected chi connectivity index (χ4v) is 2.26. The van der Waals surface area contributed by atoms with Crippen LogP contribution >= 0.6 is 0 Å². The minimum absolute atomic E-state index is 0.225. The van der Waals surface area contributed by atoms with Gasteiger partial charge in [0.15, 0.2) is 5.69 Å². The van der Waals surface area contributed by atoms with E-state index in [9.17, 15) is 4.79 Å². The van der Waals surface area contributed by atoms with E-state index in [-0.39, 0.29) is 5.69 Å². The van der Waals surface area contributed by atoms with Crippen LogP contribution in [-0.4, -0.2) is 39.7 Å². The van der Waals surface area contributed by atoms with Crippen molar-refractivity contribution in [2.75, 3.05) is 13.7 Å². The Morgan fingerprint density at radius 3 is 2.91 bits per heavy atom. The molecule has 3 rings (SSSR count). The maximum Gasteiger partial charge on any atom is 0.360 e. The zero-order valence-corrected chi connectivity index (χ0v) is 12.6. The fourth-order valence-electron chi connectivity index (χ4n) is 2.26. The van der Waals surface area contributed by atoms with Crippen LogP contribution < -0.4 is 4.74 Å². The largest absolute Gasteiger partial charge is 0.495 e. The zero-order valence-electron chi connectivity index (χ0n) is 12.6. The van der Waals surface area contributed by atoms with E-state index in [0.717, 1.165) is 22.3 Å². The van der Waals surface area contributed by atoms with Gasteiger partial charge in [0.05, 0.1) is 25.1 Å². The van der Waals surface area contributed by atoms with E-state index in [1.165, 1.54) is 4.80 Å². The van der Waals surface area contributed by atoms with E-state index in [2.05, 4.69) is 15.2 Å². The molecule has 0 aliphatic rings. The maximum atomic E-state index is 11.8. The third-order valence-corrected chi connectivity index (χ3v) is 3.33. The molecule has 0 atom stereocenters. The topological polar surface area (TPSA) is 82.0 Å². The Morgan fingerprint density at radius 2 is 2.18 bits per heavy atom. The number of hydrogen-bond donors (Lipinski definition) is 1. The third kappa shape index (κ3) is 2.30. The van der Waals surface area contributed by atoms with Crippen molar-refractivity contribution in [2.45, 2.75) is 13.8 Å². The van der Waals surface area contributed by atoms with Crippen LogP contribution in [0.25, 0.3) is 16.6 Å². The van der Waals surface area contributed by atoms with Crippen LogP contribution in [0.5, 0.6) is 5.75 Å². The minimum Gasteiger partial charge on any atom is -0.495 e. The predicted octanol–water partition coefficient (Wildman–Crippen LogP) is 2.24. The van der Waals surface area contributed by atoms with E-state index in [4.69, 9.17) is 9.47 Å². The lowest BCUT2D eigenvalue weighted by Crippen LogP contribution is -2.07. The number of esters is 1. The van der Waals surface area contributed by atoms with Crippen LogP contribution in [-0.2, 0) is 4.74 Å². The van der Waals surface area contributed by atoms with Crippen molar-refractivity contribution in [1.82, 2.24) is 20.0 Å². The fraction of sp³-hybridized carbons (Fsp3) is 0.267. The lowest BCUT2D eigenvalue weighted by Gasteiger charge is -2.01. The van der Waals surface area contributed by atoms with Gasteiger partial charge in [-0.3, -0.25) is 0 Å². The van der Waals surface area contributed by atoms with Gasteiger partial charge in [-0.1, -0.05) is 0 Å². The first-order valence-electron chi connectivity index (χ1n) is 6.90. The molecular formula is C15H16N4O3. The molecule has 0 radical (unpaired) electrons. The first kappa shape index (κ1) is 14.1. The van der Waals surface area contributed by atoms with E-state index in [1.807, 2.05) is 18.2 Å². The van der Waals surface area contributed by atoms with E-state index >= 15 is 0 Å². The smallest absolute Gasteiger partial charge is 0.360 e. The van der Waals surface area contributed by atoms with Crippen molar-refractivity contribution in [1.29, 1.82) is 0 Å². The van der Waals surface area contributed by atoms with Gasteiger partial charge in [-0.25, -0.2) is 4.79 Å². The number of methoxy groups -OCH3 is 1. The number of nitrogens with zero attached hydrogens (tertiary/aromatic N) is 3. The van der Waals surface area contributed by atoms with Crippen LogP contribution in [0, 0.1) is 6.92 Å². The monoisotopic (exact) mass is 300 g/mol. The quantitative estimate of drug-likeness (QED) is 0.747. The number of aromatic amines is 1. The van der Waals surface area contributed by atoms with Gasteiger partial charge in [0.1, 0.15) is 5.75 Å². The molecule has 0 bridgehead atoms. The van der Waals surface area contributed by atoms with Crippen molar-refractivity contribution in [3.8, 4) is 11.4 Å². The number of aromatic nitrogens is 4. The van der Waals surface area contributed by atoms with Crippen LogP contribution in [0.3, 0.4) is 0 Å². The van der Waals surface area contributed by atoms with Gasteiger partial charge in [0.25, 0.3) is 0 Å². The Labute approximate surface area is 126 Å². The molecule has 1 aromatic carbocycles. The van der Waals surface area contributed by atoms with Crippen LogP contribution in [0.2, 0.25) is 0 Å². The Morgan fingerprint density at radius 1 is 1.36 bits per heavy atom. The Kier molecular flexibility index (Phi) is 3.54. The first-order chi connectivity index (χ1) is 10.6. The summed E-state index contributed by atoms with van der Waals surface area (Å²) in [5.74, 6) is 0.276. The van der Waals surface area contributed by atoms with Gasteiger partial charge < -0.3 is 14.5 Å². The molecule has 0 fully saturated rings. The number of nitrogens with one attached hydrogen (secondary N) is 1. The third-order valence-electron chi connectivity index (χ3n) is 3.33. The summed E-state index contributed by atoms with van der Waals surface area (Å²) in [6, 6.07) is 5.68. The van der Waals surface area contributed by atoms with Crippen molar-refractivity contribution in [2.24, 2.45) is 0 Å². The molecule has 2 heterocycles. The van der Waals surface area contributed by atoms with Crippen molar-refractivity contribution < 1.29 is 14.3 Å². The standard InChI is InChI=1S/C15H16N4O3/c1-4-22-15(20)14-9(2)17-19(18-14)10-5-6-12-11(7-10)13(21-3)8-16-12/h5-8,16H,4H2,1-3H3. The van der Waals surface area contributed by atoms with E-state index in [0.29, 0.717) is 12.3 Å². The maximum absolute atomic E-state index is 11.8. The second kappa shape index (κ2) is 5.51. The highest BCUT2D eigenvalue weighted by atomic mass is 16.5. The summed E-state index contributed by atoms with van der Waals surface area (Å²) in [5, 5.41) is 9.43. The number of carbonyl (C=O) groups excluding carboxylic acids is 1. The molecule has 0 saturated heterocycles. The second-order valence-electron chi connectivity index (χ2n) is 4.73. The SMILES string of the molecule is CCOC(=O)c1nn(-c2ccc3[nH]cc(OC)c3c2)nc1C. The summed E-state index contributed by atoms with van der Waals surface area (Å²) in [4.78, 5) is 16.4. The molecule has 114 valence electrons. The molecule has 7 heteroatoms. The molecule has 3 aromatic rings. The van der Waals surface area contributed by atoms with Gasteiger partial charge in [0, 0.05) is 17.1 Å². The molecule has 0 saturated carbocycles. The molecule has 2 aromatic heterocycles.